The van der Waals surface area contributed by atoms with Gasteiger partial charge in [-0.25, -0.2) is 19.6 Å². The van der Waals surface area contributed by atoms with Crippen molar-refractivity contribution in [1.82, 2.24) is 9.97 Å². The van der Waals surface area contributed by atoms with Crippen molar-refractivity contribution in [3.05, 3.63) is 93.6 Å². The number of rotatable bonds is 6. The molecule has 0 spiro atoms. The van der Waals surface area contributed by atoms with Crippen LogP contribution in [0.1, 0.15) is 13.8 Å². The molecule has 0 saturated carbocycles. The fraction of sp³-hybridized carbons (Fsp3) is 0.133. The van der Waals surface area contributed by atoms with Crippen molar-refractivity contribution < 1.29 is 18.3 Å². The smallest absolute Gasteiger partial charge is 0.347 e. The summed E-state index contributed by atoms with van der Waals surface area (Å²) in [6, 6.07) is 21.6. The fourth-order valence-corrected chi connectivity index (χ4v) is 4.37. The Hall–Kier alpha value is -4.98. The molecule has 0 N–H and O–H groups in total. The lowest BCUT2D eigenvalue weighted by molar-refractivity contribution is 0.340. The molecular formula is C30H22N2O6. The number of ether oxygens (including phenoxy) is 2. The Morgan fingerprint density at radius 2 is 1.05 bits per heavy atom. The van der Waals surface area contributed by atoms with Gasteiger partial charge in [0, 0.05) is 11.1 Å². The van der Waals surface area contributed by atoms with E-state index < -0.39 is 11.3 Å². The van der Waals surface area contributed by atoms with E-state index in [2.05, 4.69) is 9.97 Å². The minimum atomic E-state index is -0.479. The molecule has 0 radical (unpaired) electrons. The molecule has 0 fully saturated rings. The first-order chi connectivity index (χ1) is 18.5. The molecule has 6 rings (SSSR count). The number of benzene rings is 4. The first-order valence-corrected chi connectivity index (χ1v) is 12.2. The standard InChI is InChI=1S/C30H22N2O6/c1-3-35-21-9-11-25-23(15-21)29(33)37-27(31-25)19-7-5-18-14-20(8-6-17(18)13-19)28-32-26-12-10-22(36-4-2)16-24(26)30(34)38-28/h5-16H,3-4H2,1-2H3. The fourth-order valence-electron chi connectivity index (χ4n) is 4.37. The molecule has 4 aromatic carbocycles. The van der Waals surface area contributed by atoms with E-state index in [1.54, 1.807) is 36.4 Å². The normalized spacial score (nSPS) is 11.3. The van der Waals surface area contributed by atoms with Crippen molar-refractivity contribution in [2.24, 2.45) is 0 Å². The largest absolute Gasteiger partial charge is 0.494 e. The highest BCUT2D eigenvalue weighted by Gasteiger charge is 2.13. The van der Waals surface area contributed by atoms with Gasteiger partial charge in [0.25, 0.3) is 0 Å². The Labute approximate surface area is 216 Å². The zero-order valence-corrected chi connectivity index (χ0v) is 20.7. The molecule has 6 aromatic rings. The average molecular weight is 507 g/mol. The molecule has 0 aliphatic rings. The van der Waals surface area contributed by atoms with Crippen molar-refractivity contribution in [2.75, 3.05) is 13.2 Å². The molecule has 2 heterocycles. The molecular weight excluding hydrogens is 484 g/mol. The van der Waals surface area contributed by atoms with Gasteiger partial charge in [0.2, 0.25) is 11.8 Å². The van der Waals surface area contributed by atoms with Crippen LogP contribution in [0, 0.1) is 0 Å². The monoisotopic (exact) mass is 506 g/mol. The van der Waals surface area contributed by atoms with Crippen molar-refractivity contribution in [3.8, 4) is 34.4 Å². The first-order valence-electron chi connectivity index (χ1n) is 12.2. The predicted molar refractivity (Wildman–Crippen MR) is 145 cm³/mol. The van der Waals surface area contributed by atoms with Gasteiger partial charge >= 0.3 is 11.3 Å². The molecule has 188 valence electrons. The van der Waals surface area contributed by atoms with E-state index in [1.165, 1.54) is 0 Å². The average Bonchev–Trinajstić information content (AvgIpc) is 2.93. The molecule has 0 aliphatic carbocycles. The van der Waals surface area contributed by atoms with Gasteiger partial charge in [-0.1, -0.05) is 12.1 Å². The third kappa shape index (κ3) is 4.26. The van der Waals surface area contributed by atoms with E-state index in [0.29, 0.717) is 57.6 Å². The summed E-state index contributed by atoms with van der Waals surface area (Å²) in [5, 5.41) is 2.52. The van der Waals surface area contributed by atoms with Crippen molar-refractivity contribution in [2.45, 2.75) is 13.8 Å². The Kier molecular flexibility index (Phi) is 5.84. The summed E-state index contributed by atoms with van der Waals surface area (Å²) in [6.07, 6.45) is 0. The summed E-state index contributed by atoms with van der Waals surface area (Å²) in [7, 11) is 0. The summed E-state index contributed by atoms with van der Waals surface area (Å²) in [5.41, 5.74) is 1.43. The minimum absolute atomic E-state index is 0.228. The van der Waals surface area contributed by atoms with Crippen LogP contribution >= 0.6 is 0 Å². The van der Waals surface area contributed by atoms with Gasteiger partial charge < -0.3 is 18.3 Å². The Morgan fingerprint density at radius 1 is 0.605 bits per heavy atom. The highest BCUT2D eigenvalue weighted by molar-refractivity contribution is 5.90. The molecule has 38 heavy (non-hydrogen) atoms. The lowest BCUT2D eigenvalue weighted by atomic mass is 10.0. The zero-order valence-electron chi connectivity index (χ0n) is 20.7. The van der Waals surface area contributed by atoms with Crippen LogP contribution < -0.4 is 20.7 Å². The van der Waals surface area contributed by atoms with Crippen LogP contribution in [0.5, 0.6) is 11.5 Å². The number of nitrogens with zero attached hydrogens (tertiary/aromatic N) is 2. The van der Waals surface area contributed by atoms with Gasteiger partial charge in [-0.15, -0.1) is 0 Å². The quantitative estimate of drug-likeness (QED) is 0.272. The predicted octanol–water partition coefficient (Wildman–Crippen LogP) is 5.97. The Balaban J connectivity index is 1.36. The van der Waals surface area contributed by atoms with Gasteiger partial charge in [-0.2, -0.15) is 0 Å². The SMILES string of the molecule is CCOc1ccc2nc(-c3ccc4cc(-c5nc6ccc(OCC)cc6c(=O)o5)ccc4c3)oc(=O)c2c1. The number of hydrogen-bond acceptors (Lipinski definition) is 8. The lowest BCUT2D eigenvalue weighted by Gasteiger charge is -2.07. The maximum atomic E-state index is 12.7. The maximum absolute atomic E-state index is 12.7. The second-order valence-corrected chi connectivity index (χ2v) is 8.61. The molecule has 2 aromatic heterocycles. The summed E-state index contributed by atoms with van der Waals surface area (Å²) >= 11 is 0. The van der Waals surface area contributed by atoms with Crippen LogP contribution in [0.3, 0.4) is 0 Å². The van der Waals surface area contributed by atoms with E-state index in [4.69, 9.17) is 18.3 Å². The van der Waals surface area contributed by atoms with Crippen LogP contribution in [0.2, 0.25) is 0 Å². The second-order valence-electron chi connectivity index (χ2n) is 8.61. The van der Waals surface area contributed by atoms with Crippen LogP contribution in [-0.2, 0) is 0 Å². The van der Waals surface area contributed by atoms with E-state index in [9.17, 15) is 9.59 Å². The zero-order chi connectivity index (χ0) is 26.2. The van der Waals surface area contributed by atoms with Gasteiger partial charge in [0.05, 0.1) is 35.0 Å². The molecule has 0 bridgehead atoms. The highest BCUT2D eigenvalue weighted by atomic mass is 16.5. The minimum Gasteiger partial charge on any atom is -0.494 e. The van der Waals surface area contributed by atoms with Crippen molar-refractivity contribution >= 4 is 32.6 Å². The lowest BCUT2D eigenvalue weighted by Crippen LogP contribution is -2.04. The first kappa shape index (κ1) is 23.4. The third-order valence-corrected chi connectivity index (χ3v) is 6.15. The molecule has 8 nitrogen and oxygen atoms in total. The molecule has 0 amide bonds. The number of hydrogen-bond donors (Lipinski definition) is 0. The van der Waals surface area contributed by atoms with Crippen molar-refractivity contribution in [3.63, 3.8) is 0 Å². The third-order valence-electron chi connectivity index (χ3n) is 6.15. The van der Waals surface area contributed by atoms with E-state index >= 15 is 0 Å². The molecule has 0 saturated heterocycles. The van der Waals surface area contributed by atoms with Gasteiger partial charge in [-0.3, -0.25) is 0 Å². The summed E-state index contributed by atoms with van der Waals surface area (Å²) in [5.74, 6) is 1.64. The van der Waals surface area contributed by atoms with Crippen LogP contribution in [-0.4, -0.2) is 23.2 Å². The molecule has 8 heteroatoms. The second kappa shape index (κ2) is 9.48. The van der Waals surface area contributed by atoms with E-state index in [1.807, 2.05) is 50.2 Å². The number of aromatic nitrogens is 2. The maximum Gasteiger partial charge on any atom is 0.347 e. The molecule has 0 unspecified atom stereocenters. The summed E-state index contributed by atoms with van der Waals surface area (Å²) in [4.78, 5) is 34.4. The summed E-state index contributed by atoms with van der Waals surface area (Å²) < 4.78 is 22.0. The van der Waals surface area contributed by atoms with E-state index in [-0.39, 0.29) is 11.8 Å². The summed E-state index contributed by atoms with van der Waals surface area (Å²) in [6.45, 7) is 4.76. The van der Waals surface area contributed by atoms with Crippen LogP contribution in [0.4, 0.5) is 0 Å². The van der Waals surface area contributed by atoms with E-state index in [0.717, 1.165) is 10.8 Å². The Bertz CT molecular complexity index is 1820. The Morgan fingerprint density at radius 3 is 1.47 bits per heavy atom. The van der Waals surface area contributed by atoms with Gasteiger partial charge in [-0.05, 0) is 85.3 Å². The van der Waals surface area contributed by atoms with Crippen molar-refractivity contribution in [1.29, 1.82) is 0 Å². The van der Waals surface area contributed by atoms with Gasteiger partial charge in [0.15, 0.2) is 0 Å². The van der Waals surface area contributed by atoms with Gasteiger partial charge in [0.1, 0.15) is 11.5 Å². The number of fused-ring (bicyclic) bond motifs is 3. The molecule has 0 atom stereocenters. The van der Waals surface area contributed by atoms with Crippen LogP contribution in [0.15, 0.2) is 91.2 Å². The highest BCUT2D eigenvalue weighted by Crippen LogP contribution is 2.29. The molecule has 0 aliphatic heterocycles. The topological polar surface area (TPSA) is 105 Å². The van der Waals surface area contributed by atoms with Crippen LogP contribution in [0.25, 0.3) is 55.5 Å².